The quantitative estimate of drug-likeness (QED) is 0.941. The van der Waals surface area contributed by atoms with E-state index in [1.807, 2.05) is 26.0 Å². The molecule has 0 aliphatic heterocycles. The molecule has 0 spiro atoms. The molecule has 0 aliphatic rings. The molecule has 6 heteroatoms. The molecule has 0 aliphatic carbocycles. The van der Waals surface area contributed by atoms with E-state index < -0.39 is 10.0 Å². The Morgan fingerprint density at radius 1 is 1.19 bits per heavy atom. The summed E-state index contributed by atoms with van der Waals surface area (Å²) in [4.78, 5) is 2.32. The summed E-state index contributed by atoms with van der Waals surface area (Å²) in [6.45, 7) is 6.00. The first-order chi connectivity index (χ1) is 9.83. The van der Waals surface area contributed by atoms with Crippen LogP contribution < -0.4 is 4.72 Å². The van der Waals surface area contributed by atoms with E-state index in [1.165, 1.54) is 10.9 Å². The predicted octanol–water partition coefficient (Wildman–Crippen LogP) is 3.02. The van der Waals surface area contributed by atoms with Gasteiger partial charge in [0, 0.05) is 16.3 Å². The van der Waals surface area contributed by atoms with Crippen LogP contribution in [0.3, 0.4) is 0 Å². The van der Waals surface area contributed by atoms with Gasteiger partial charge in [0.15, 0.2) is 0 Å². The number of aryl methyl sites for hydroxylation is 3. The van der Waals surface area contributed by atoms with Gasteiger partial charge in [-0.05, 0) is 50.1 Å². The molecule has 0 saturated heterocycles. The smallest absolute Gasteiger partial charge is 0.207 e. The lowest BCUT2D eigenvalue weighted by molar-refractivity contribution is 0.581. The van der Waals surface area contributed by atoms with Crippen LogP contribution in [0.25, 0.3) is 0 Å². The molecule has 4 nitrogen and oxygen atoms in total. The minimum Gasteiger partial charge on any atom is -0.207 e. The third kappa shape index (κ3) is 3.50. The minimum absolute atomic E-state index is 0.159. The summed E-state index contributed by atoms with van der Waals surface area (Å²) in [5, 5.41) is 8.90. The van der Waals surface area contributed by atoms with Gasteiger partial charge in [-0.3, -0.25) is 0 Å². The molecule has 2 rings (SSSR count). The van der Waals surface area contributed by atoms with Gasteiger partial charge in [0.2, 0.25) is 10.0 Å². The van der Waals surface area contributed by atoms with Gasteiger partial charge in [0.05, 0.1) is 16.5 Å². The highest BCUT2D eigenvalue weighted by Crippen LogP contribution is 2.22. The van der Waals surface area contributed by atoms with Crippen molar-refractivity contribution in [3.63, 3.8) is 0 Å². The van der Waals surface area contributed by atoms with E-state index in [4.69, 9.17) is 5.26 Å². The zero-order valence-corrected chi connectivity index (χ0v) is 13.7. The Labute approximate surface area is 129 Å². The fraction of sp³-hybridized carbons (Fsp3) is 0.267. The van der Waals surface area contributed by atoms with Crippen LogP contribution in [-0.4, -0.2) is 8.42 Å². The number of nitrogens with one attached hydrogen (secondary N) is 1. The molecule has 0 radical (unpaired) electrons. The van der Waals surface area contributed by atoms with Crippen LogP contribution in [0.15, 0.2) is 29.2 Å². The lowest BCUT2D eigenvalue weighted by Crippen LogP contribution is -2.23. The lowest BCUT2D eigenvalue weighted by Gasteiger charge is -2.08. The predicted molar refractivity (Wildman–Crippen MR) is 83.7 cm³/mol. The van der Waals surface area contributed by atoms with Crippen LogP contribution in [0.5, 0.6) is 0 Å². The summed E-state index contributed by atoms with van der Waals surface area (Å²) >= 11 is 1.58. The number of hydrogen-bond donors (Lipinski definition) is 1. The van der Waals surface area contributed by atoms with Crippen molar-refractivity contribution in [3.8, 4) is 6.07 Å². The monoisotopic (exact) mass is 320 g/mol. The molecule has 0 bridgehead atoms. The van der Waals surface area contributed by atoms with E-state index in [-0.39, 0.29) is 11.4 Å². The van der Waals surface area contributed by atoms with Crippen LogP contribution in [0.1, 0.15) is 26.4 Å². The van der Waals surface area contributed by atoms with Crippen molar-refractivity contribution in [3.05, 3.63) is 50.7 Å². The molecule has 21 heavy (non-hydrogen) atoms. The Morgan fingerprint density at radius 2 is 1.90 bits per heavy atom. The van der Waals surface area contributed by atoms with E-state index >= 15 is 0 Å². The molecule has 0 unspecified atom stereocenters. The van der Waals surface area contributed by atoms with Gasteiger partial charge in [0.1, 0.15) is 0 Å². The van der Waals surface area contributed by atoms with Crippen molar-refractivity contribution in [1.29, 1.82) is 5.26 Å². The average molecular weight is 320 g/mol. The summed E-state index contributed by atoms with van der Waals surface area (Å²) < 4.78 is 27.3. The summed E-state index contributed by atoms with van der Waals surface area (Å²) in [5.74, 6) is 0. The molecule has 0 saturated carbocycles. The second-order valence-corrected chi connectivity index (χ2v) is 7.94. The molecular weight excluding hydrogens is 304 g/mol. The fourth-order valence-electron chi connectivity index (χ4n) is 1.94. The molecular formula is C15H16N2O2S2. The molecule has 110 valence electrons. The van der Waals surface area contributed by atoms with Crippen molar-refractivity contribution < 1.29 is 8.42 Å². The second-order valence-electron chi connectivity index (χ2n) is 4.87. The first-order valence-electron chi connectivity index (χ1n) is 6.40. The molecule has 0 fully saturated rings. The molecule has 2 aromatic rings. The van der Waals surface area contributed by atoms with Crippen LogP contribution in [0.2, 0.25) is 0 Å². The van der Waals surface area contributed by atoms with Gasteiger partial charge in [-0.2, -0.15) is 5.26 Å². The van der Waals surface area contributed by atoms with Gasteiger partial charge in [-0.15, -0.1) is 11.3 Å². The van der Waals surface area contributed by atoms with Crippen molar-refractivity contribution in [2.45, 2.75) is 32.2 Å². The Morgan fingerprint density at radius 3 is 2.48 bits per heavy atom. The number of nitrogens with zero attached hydrogens (tertiary/aromatic N) is 1. The van der Waals surface area contributed by atoms with Gasteiger partial charge in [-0.25, -0.2) is 13.1 Å². The Kier molecular flexibility index (Phi) is 4.47. The topological polar surface area (TPSA) is 70.0 Å². The zero-order chi connectivity index (χ0) is 15.6. The number of sulfonamides is 1. The van der Waals surface area contributed by atoms with E-state index in [2.05, 4.69) is 4.72 Å². The Balaban J connectivity index is 2.24. The second kappa shape index (κ2) is 5.98. The van der Waals surface area contributed by atoms with Gasteiger partial charge < -0.3 is 0 Å². The molecule has 1 heterocycles. The van der Waals surface area contributed by atoms with Crippen LogP contribution in [0, 0.1) is 32.1 Å². The Hall–Kier alpha value is -1.68. The van der Waals surface area contributed by atoms with Gasteiger partial charge in [0.25, 0.3) is 0 Å². The molecule has 0 amide bonds. The standard InChI is InChI=1S/C15H16N2O2S2/c1-10-4-5-13(8-16)7-15(10)21(18,19)17-9-14-6-11(2)12(3)20-14/h4-7,17H,9H2,1-3H3. The van der Waals surface area contributed by atoms with Crippen molar-refractivity contribution in [2.24, 2.45) is 0 Å². The van der Waals surface area contributed by atoms with Crippen LogP contribution in [-0.2, 0) is 16.6 Å². The lowest BCUT2D eigenvalue weighted by atomic mass is 10.2. The summed E-state index contributed by atoms with van der Waals surface area (Å²) in [6, 6.07) is 8.61. The maximum atomic E-state index is 12.4. The summed E-state index contributed by atoms with van der Waals surface area (Å²) in [5.41, 5.74) is 2.13. The summed E-state index contributed by atoms with van der Waals surface area (Å²) in [6.07, 6.45) is 0. The van der Waals surface area contributed by atoms with E-state index in [0.717, 1.165) is 10.4 Å². The minimum atomic E-state index is -3.62. The van der Waals surface area contributed by atoms with E-state index in [9.17, 15) is 8.42 Å². The van der Waals surface area contributed by atoms with E-state index in [1.54, 1.807) is 30.4 Å². The molecule has 1 aromatic carbocycles. The first kappa shape index (κ1) is 15.7. The first-order valence-corrected chi connectivity index (χ1v) is 8.70. The van der Waals surface area contributed by atoms with Crippen molar-refractivity contribution in [2.75, 3.05) is 0 Å². The van der Waals surface area contributed by atoms with Crippen molar-refractivity contribution in [1.82, 2.24) is 4.72 Å². The maximum absolute atomic E-state index is 12.4. The maximum Gasteiger partial charge on any atom is 0.241 e. The summed E-state index contributed by atoms with van der Waals surface area (Å²) in [7, 11) is -3.62. The van der Waals surface area contributed by atoms with Gasteiger partial charge >= 0.3 is 0 Å². The highest BCUT2D eigenvalue weighted by Gasteiger charge is 2.17. The van der Waals surface area contributed by atoms with Crippen LogP contribution in [0.4, 0.5) is 0 Å². The number of nitriles is 1. The van der Waals surface area contributed by atoms with E-state index in [0.29, 0.717) is 11.1 Å². The van der Waals surface area contributed by atoms with Crippen LogP contribution >= 0.6 is 11.3 Å². The largest absolute Gasteiger partial charge is 0.241 e. The van der Waals surface area contributed by atoms with Gasteiger partial charge in [-0.1, -0.05) is 6.07 Å². The Bertz CT molecular complexity index is 795. The highest BCUT2D eigenvalue weighted by atomic mass is 32.2. The number of rotatable bonds is 4. The number of benzene rings is 1. The average Bonchev–Trinajstić information content (AvgIpc) is 2.76. The third-order valence-corrected chi connectivity index (χ3v) is 5.96. The van der Waals surface area contributed by atoms with Crippen molar-refractivity contribution >= 4 is 21.4 Å². The highest BCUT2D eigenvalue weighted by molar-refractivity contribution is 7.89. The zero-order valence-electron chi connectivity index (χ0n) is 12.1. The SMILES string of the molecule is Cc1ccc(C#N)cc1S(=O)(=O)NCc1cc(C)c(C)s1. The molecule has 1 aromatic heterocycles. The normalized spacial score (nSPS) is 11.3. The number of thiophene rings is 1. The molecule has 1 N–H and O–H groups in total. The fourth-order valence-corrected chi connectivity index (χ4v) is 4.30. The number of hydrogen-bond acceptors (Lipinski definition) is 4. The third-order valence-electron chi connectivity index (χ3n) is 3.26. The molecule has 0 atom stereocenters.